The van der Waals surface area contributed by atoms with Gasteiger partial charge in [-0.1, -0.05) is 4.49 Å². The van der Waals surface area contributed by atoms with Crippen LogP contribution in [0.15, 0.2) is 23.6 Å². The van der Waals surface area contributed by atoms with Crippen LogP contribution in [0.5, 0.6) is 0 Å². The summed E-state index contributed by atoms with van der Waals surface area (Å²) in [6.45, 7) is 0.754. The van der Waals surface area contributed by atoms with Crippen molar-refractivity contribution in [2.24, 2.45) is 0 Å². The number of rotatable bonds is 2. The molecule has 0 unspecified atom stereocenters. The molecule has 152 valence electrons. The molecule has 2 amide bonds. The van der Waals surface area contributed by atoms with E-state index in [4.69, 9.17) is 4.74 Å². The molecule has 5 rings (SSSR count). The maximum atomic E-state index is 13.7. The Hall–Kier alpha value is -2.46. The van der Waals surface area contributed by atoms with Crippen LogP contribution in [0, 0.1) is 11.6 Å². The fourth-order valence-electron chi connectivity index (χ4n) is 4.63. The fourth-order valence-corrected chi connectivity index (χ4v) is 5.06. The van der Waals surface area contributed by atoms with Gasteiger partial charge >= 0.3 is 0 Å². The number of nitrogens with zero attached hydrogens (tertiary/aromatic N) is 4. The lowest BCUT2D eigenvalue weighted by Crippen LogP contribution is -2.51. The summed E-state index contributed by atoms with van der Waals surface area (Å²) < 4.78 is 37.3. The van der Waals surface area contributed by atoms with Gasteiger partial charge in [0, 0.05) is 37.4 Å². The number of aromatic nitrogens is 2. The van der Waals surface area contributed by atoms with Crippen molar-refractivity contribution in [2.75, 3.05) is 13.1 Å². The van der Waals surface area contributed by atoms with Crippen LogP contribution in [-0.4, -0.2) is 56.1 Å². The third-order valence-electron chi connectivity index (χ3n) is 6.03. The Morgan fingerprint density at radius 1 is 1.17 bits per heavy atom. The number of piperidine rings is 1. The quantitative estimate of drug-likeness (QED) is 0.746. The normalized spacial score (nSPS) is 25.7. The minimum Gasteiger partial charge on any atom is -0.342 e. The number of ether oxygens (including phenoxy) is 1. The van der Waals surface area contributed by atoms with Gasteiger partial charge in [-0.2, -0.15) is 0 Å². The maximum Gasteiger partial charge on any atom is 0.275 e. The van der Waals surface area contributed by atoms with E-state index in [0.29, 0.717) is 50.0 Å². The molecule has 1 aromatic heterocycles. The van der Waals surface area contributed by atoms with E-state index in [9.17, 15) is 18.4 Å². The standard InChI is InChI=1S/C19H18F2N4O3S/c20-12-7-11(8-13(21)9-12)15-1-2-16-25(15)18(27)19(28-16)3-5-24(6-4-19)17(26)14-10-29-23-22-14/h7-10,15-16H,1-6H2/t15-,16+/m0/s1. The number of amides is 2. The van der Waals surface area contributed by atoms with Crippen molar-refractivity contribution >= 4 is 23.3 Å². The first kappa shape index (κ1) is 18.6. The summed E-state index contributed by atoms with van der Waals surface area (Å²) in [5.74, 6) is -1.67. The number of carbonyl (C=O) groups excluding carboxylic acids is 2. The van der Waals surface area contributed by atoms with Crippen molar-refractivity contribution in [1.82, 2.24) is 19.4 Å². The molecule has 2 aromatic rings. The second-order valence-corrected chi connectivity index (χ2v) is 8.27. The summed E-state index contributed by atoms with van der Waals surface area (Å²) in [4.78, 5) is 29.1. The number of hydrogen-bond donors (Lipinski definition) is 0. The van der Waals surface area contributed by atoms with Gasteiger partial charge in [0.2, 0.25) is 0 Å². The maximum absolute atomic E-state index is 13.7. The van der Waals surface area contributed by atoms with E-state index in [1.54, 1.807) is 15.2 Å². The summed E-state index contributed by atoms with van der Waals surface area (Å²) in [7, 11) is 0. The topological polar surface area (TPSA) is 75.6 Å². The molecule has 0 bridgehead atoms. The number of halogens is 2. The van der Waals surface area contributed by atoms with Crippen LogP contribution in [0.2, 0.25) is 0 Å². The first-order valence-corrected chi connectivity index (χ1v) is 10.3. The Morgan fingerprint density at radius 2 is 1.90 bits per heavy atom. The molecule has 3 saturated heterocycles. The van der Waals surface area contributed by atoms with Crippen molar-refractivity contribution in [3.8, 4) is 0 Å². The predicted molar refractivity (Wildman–Crippen MR) is 97.8 cm³/mol. The van der Waals surface area contributed by atoms with E-state index in [-0.39, 0.29) is 11.8 Å². The molecule has 0 N–H and O–H groups in total. The van der Waals surface area contributed by atoms with Crippen molar-refractivity contribution in [2.45, 2.75) is 43.6 Å². The molecule has 29 heavy (non-hydrogen) atoms. The lowest BCUT2D eigenvalue weighted by molar-refractivity contribution is -0.142. The average molecular weight is 420 g/mol. The van der Waals surface area contributed by atoms with Gasteiger partial charge in [-0.25, -0.2) is 8.78 Å². The first-order valence-electron chi connectivity index (χ1n) is 9.50. The molecule has 4 heterocycles. The highest BCUT2D eigenvalue weighted by Gasteiger charge is 2.58. The Kier molecular flexibility index (Phi) is 4.36. The van der Waals surface area contributed by atoms with E-state index >= 15 is 0 Å². The molecule has 3 aliphatic heterocycles. The van der Waals surface area contributed by atoms with Crippen LogP contribution in [0.3, 0.4) is 0 Å². The van der Waals surface area contributed by atoms with Gasteiger partial charge < -0.3 is 14.5 Å². The van der Waals surface area contributed by atoms with Crippen molar-refractivity contribution in [3.63, 3.8) is 0 Å². The highest BCUT2D eigenvalue weighted by molar-refractivity contribution is 7.03. The number of benzene rings is 1. The predicted octanol–water partition coefficient (Wildman–Crippen LogP) is 2.51. The van der Waals surface area contributed by atoms with E-state index in [1.807, 2.05) is 0 Å². The molecule has 1 aromatic carbocycles. The van der Waals surface area contributed by atoms with Crippen molar-refractivity contribution in [3.05, 3.63) is 46.5 Å². The monoisotopic (exact) mass is 420 g/mol. The number of carbonyl (C=O) groups is 2. The smallest absolute Gasteiger partial charge is 0.275 e. The Balaban J connectivity index is 1.33. The molecule has 1 spiro atoms. The Morgan fingerprint density at radius 3 is 2.55 bits per heavy atom. The first-order chi connectivity index (χ1) is 14.0. The van der Waals surface area contributed by atoms with Gasteiger partial charge in [-0.3, -0.25) is 9.59 Å². The number of hydrogen-bond acceptors (Lipinski definition) is 6. The van der Waals surface area contributed by atoms with E-state index in [2.05, 4.69) is 9.59 Å². The molecule has 0 saturated carbocycles. The molecule has 0 aliphatic carbocycles. The van der Waals surface area contributed by atoms with Gasteiger partial charge in [-0.15, -0.1) is 5.10 Å². The van der Waals surface area contributed by atoms with Crippen LogP contribution < -0.4 is 0 Å². The van der Waals surface area contributed by atoms with E-state index < -0.39 is 29.5 Å². The zero-order valence-corrected chi connectivity index (χ0v) is 16.2. The second kappa shape index (κ2) is 6.81. The summed E-state index contributed by atoms with van der Waals surface area (Å²) in [6, 6.07) is 2.97. The number of likely N-dealkylation sites (tertiary alicyclic amines) is 1. The minimum absolute atomic E-state index is 0.155. The average Bonchev–Trinajstić information content (AvgIpc) is 3.41. The summed E-state index contributed by atoms with van der Waals surface area (Å²) >= 11 is 1.11. The van der Waals surface area contributed by atoms with Crippen LogP contribution in [-0.2, 0) is 9.53 Å². The van der Waals surface area contributed by atoms with Crippen molar-refractivity contribution < 1.29 is 23.1 Å². The highest BCUT2D eigenvalue weighted by Crippen LogP contribution is 2.47. The van der Waals surface area contributed by atoms with E-state index in [0.717, 1.165) is 17.6 Å². The fraction of sp³-hybridized carbons (Fsp3) is 0.474. The van der Waals surface area contributed by atoms with Gasteiger partial charge in [0.15, 0.2) is 11.3 Å². The van der Waals surface area contributed by atoms with E-state index in [1.165, 1.54) is 12.1 Å². The lowest BCUT2D eigenvalue weighted by Gasteiger charge is -2.37. The van der Waals surface area contributed by atoms with Crippen LogP contribution in [0.25, 0.3) is 0 Å². The third-order valence-corrected chi connectivity index (χ3v) is 6.53. The molecule has 3 fully saturated rings. The van der Waals surface area contributed by atoms with Crippen LogP contribution in [0.4, 0.5) is 8.78 Å². The molecule has 10 heteroatoms. The van der Waals surface area contributed by atoms with Crippen LogP contribution in [0.1, 0.15) is 47.8 Å². The Labute approximate surface area is 169 Å². The molecular weight excluding hydrogens is 402 g/mol. The third kappa shape index (κ3) is 3.01. The zero-order valence-electron chi connectivity index (χ0n) is 15.4. The number of fused-ring (bicyclic) bond motifs is 1. The molecular formula is C19H18F2N4O3S. The largest absolute Gasteiger partial charge is 0.342 e. The highest BCUT2D eigenvalue weighted by atomic mass is 32.1. The summed E-state index contributed by atoms with van der Waals surface area (Å²) in [6.07, 6.45) is 1.57. The SMILES string of the molecule is O=C(c1csnn1)N1CCC2(CC1)O[C@@H]1CC[C@@H](c3cc(F)cc(F)c3)N1C2=O. The van der Waals surface area contributed by atoms with Gasteiger partial charge in [-0.05, 0) is 42.1 Å². The molecule has 3 aliphatic rings. The Bertz CT molecular complexity index is 942. The minimum atomic E-state index is -0.980. The molecule has 0 radical (unpaired) electrons. The molecule has 2 atom stereocenters. The zero-order chi connectivity index (χ0) is 20.2. The van der Waals surface area contributed by atoms with Crippen LogP contribution >= 0.6 is 11.5 Å². The lowest BCUT2D eigenvalue weighted by atomic mass is 9.89. The van der Waals surface area contributed by atoms with Gasteiger partial charge in [0.25, 0.3) is 11.8 Å². The van der Waals surface area contributed by atoms with Gasteiger partial charge in [0.1, 0.15) is 17.9 Å². The summed E-state index contributed by atoms with van der Waals surface area (Å²) in [5.41, 5.74) is -0.229. The van der Waals surface area contributed by atoms with Gasteiger partial charge in [0.05, 0.1) is 6.04 Å². The van der Waals surface area contributed by atoms with Crippen molar-refractivity contribution in [1.29, 1.82) is 0 Å². The molecule has 7 nitrogen and oxygen atoms in total. The second-order valence-electron chi connectivity index (χ2n) is 7.66. The summed E-state index contributed by atoms with van der Waals surface area (Å²) in [5, 5.41) is 5.41.